The zero-order valence-corrected chi connectivity index (χ0v) is 18.7. The summed E-state index contributed by atoms with van der Waals surface area (Å²) in [6, 6.07) is 9.90. The summed E-state index contributed by atoms with van der Waals surface area (Å²) in [5.41, 5.74) is 1.48. The van der Waals surface area contributed by atoms with E-state index in [0.717, 1.165) is 23.2 Å². The summed E-state index contributed by atoms with van der Waals surface area (Å²) in [5.74, 6) is -0.879. The molecule has 32 heavy (non-hydrogen) atoms. The number of rotatable bonds is 4. The van der Waals surface area contributed by atoms with Crippen LogP contribution in [0.15, 0.2) is 36.4 Å². The fourth-order valence-electron chi connectivity index (χ4n) is 3.88. The maximum absolute atomic E-state index is 12.6. The van der Waals surface area contributed by atoms with Crippen molar-refractivity contribution in [3.8, 4) is 0 Å². The molecule has 1 saturated heterocycles. The van der Waals surface area contributed by atoms with Gasteiger partial charge in [0.05, 0.1) is 0 Å². The van der Waals surface area contributed by atoms with Gasteiger partial charge in [0.1, 0.15) is 5.82 Å². The van der Waals surface area contributed by atoms with Crippen LogP contribution in [0.4, 0.5) is 15.8 Å². The number of fused-ring (bicyclic) bond motifs is 1. The topological polar surface area (TPSA) is 90.0 Å². The molecule has 2 aromatic rings. The van der Waals surface area contributed by atoms with Gasteiger partial charge in [-0.3, -0.25) is 14.4 Å². The first kappa shape index (κ1) is 23.8. The van der Waals surface area contributed by atoms with Crippen molar-refractivity contribution < 1.29 is 23.9 Å². The molecule has 2 heterocycles. The van der Waals surface area contributed by atoms with E-state index in [-0.39, 0.29) is 18.1 Å². The molecule has 170 valence electrons. The summed E-state index contributed by atoms with van der Waals surface area (Å²) in [7, 11) is 1.80. The van der Waals surface area contributed by atoms with E-state index in [9.17, 15) is 23.9 Å². The molecule has 2 aromatic carbocycles. The van der Waals surface area contributed by atoms with Crippen molar-refractivity contribution in [2.75, 3.05) is 29.9 Å². The molecule has 0 radical (unpaired) electrons. The fourth-order valence-corrected chi connectivity index (χ4v) is 4.12. The van der Waals surface area contributed by atoms with Gasteiger partial charge >= 0.3 is 0 Å². The third-order valence-corrected chi connectivity index (χ3v) is 5.70. The summed E-state index contributed by atoms with van der Waals surface area (Å²) in [6.45, 7) is 3.11. The predicted molar refractivity (Wildman–Crippen MR) is 120 cm³/mol. The molecule has 0 bridgehead atoms. The van der Waals surface area contributed by atoms with Gasteiger partial charge in [-0.25, -0.2) is 4.39 Å². The van der Waals surface area contributed by atoms with Crippen LogP contribution in [0, 0.1) is 5.82 Å². The minimum Gasteiger partial charge on any atom is -0.373 e. The molecule has 0 aromatic heterocycles. The third-order valence-electron chi connectivity index (χ3n) is 5.48. The summed E-state index contributed by atoms with van der Waals surface area (Å²) in [6.07, 6.45) is 1.15. The number of nitrogens with one attached hydrogen (secondary N) is 1. The van der Waals surface area contributed by atoms with Gasteiger partial charge in [0.2, 0.25) is 11.5 Å². The molecular formula is C23H25ClFN3O4. The van der Waals surface area contributed by atoms with Gasteiger partial charge in [-0.15, -0.1) is 0 Å². The number of aliphatic hydroxyl groups is 1. The number of benzene rings is 2. The zero-order chi connectivity index (χ0) is 23.5. The number of aldehydes is 1. The van der Waals surface area contributed by atoms with Crippen molar-refractivity contribution >= 4 is 41.1 Å². The van der Waals surface area contributed by atoms with Crippen molar-refractivity contribution in [1.29, 1.82) is 0 Å². The summed E-state index contributed by atoms with van der Waals surface area (Å²) in [4.78, 5) is 37.6. The van der Waals surface area contributed by atoms with Crippen molar-refractivity contribution in [3.05, 3.63) is 58.4 Å². The van der Waals surface area contributed by atoms with Gasteiger partial charge in [-0.1, -0.05) is 11.6 Å². The third kappa shape index (κ3) is 4.98. The smallest absolute Gasteiger partial charge is 0.266 e. The van der Waals surface area contributed by atoms with Crippen LogP contribution in [0.2, 0.25) is 5.02 Å². The number of nitrogens with zero attached hydrogens (tertiary/aromatic N) is 2. The highest BCUT2D eigenvalue weighted by Crippen LogP contribution is 2.34. The molecule has 2 N–H and O–H groups in total. The van der Waals surface area contributed by atoms with Crippen molar-refractivity contribution in [2.24, 2.45) is 0 Å². The Morgan fingerprint density at radius 3 is 2.62 bits per heavy atom. The quantitative estimate of drug-likeness (QED) is 0.539. The Labute approximate surface area is 190 Å². The average molecular weight is 462 g/mol. The van der Waals surface area contributed by atoms with Crippen molar-refractivity contribution in [2.45, 2.75) is 31.9 Å². The maximum atomic E-state index is 12.6. The predicted octanol–water partition coefficient (Wildman–Crippen LogP) is 2.46. The Kier molecular flexibility index (Phi) is 7.28. The van der Waals surface area contributed by atoms with E-state index in [2.05, 4.69) is 5.32 Å². The van der Waals surface area contributed by atoms with Gasteiger partial charge < -0.3 is 20.2 Å². The Morgan fingerprint density at radius 2 is 2.03 bits per heavy atom. The van der Waals surface area contributed by atoms with Crippen LogP contribution in [0.5, 0.6) is 0 Å². The number of hydrogen-bond donors (Lipinski definition) is 2. The summed E-state index contributed by atoms with van der Waals surface area (Å²) < 4.78 is 12.6. The maximum Gasteiger partial charge on any atom is 0.266 e. The largest absolute Gasteiger partial charge is 0.373 e. The molecule has 7 nitrogen and oxygen atoms in total. The highest BCUT2D eigenvalue weighted by Gasteiger charge is 2.45. The van der Waals surface area contributed by atoms with Crippen molar-refractivity contribution in [3.63, 3.8) is 0 Å². The molecular weight excluding hydrogens is 437 g/mol. The first-order valence-corrected chi connectivity index (χ1v) is 10.6. The normalized spacial score (nSPS) is 19.5. The SMILES string of the molecule is CC(=O)N1CCc2cc(N3CCC(O)(C=O)C3=O)ccc21.CNCc1cc(F)cc(Cl)c1. The molecule has 9 heteroatoms. The Bertz CT molecular complexity index is 1030. The Hall–Kier alpha value is -2.81. The summed E-state index contributed by atoms with van der Waals surface area (Å²) in [5, 5.41) is 13.2. The number of hydrogen-bond acceptors (Lipinski definition) is 5. The van der Waals surface area contributed by atoms with Crippen LogP contribution in [0.1, 0.15) is 24.5 Å². The number of carbonyl (C=O) groups excluding carboxylic acids is 3. The first-order chi connectivity index (χ1) is 15.2. The molecule has 2 amide bonds. The zero-order valence-electron chi connectivity index (χ0n) is 17.9. The van der Waals surface area contributed by atoms with E-state index in [0.29, 0.717) is 36.6 Å². The van der Waals surface area contributed by atoms with Crippen molar-refractivity contribution in [1.82, 2.24) is 5.32 Å². The molecule has 1 unspecified atom stereocenters. The number of halogens is 2. The van der Waals surface area contributed by atoms with Gasteiger partial charge in [0, 0.05) is 49.4 Å². The molecule has 0 saturated carbocycles. The molecule has 1 fully saturated rings. The highest BCUT2D eigenvalue weighted by molar-refractivity contribution is 6.30. The molecule has 2 aliphatic heterocycles. The lowest BCUT2D eigenvalue weighted by Gasteiger charge is -2.20. The first-order valence-electron chi connectivity index (χ1n) is 10.2. The second kappa shape index (κ2) is 9.77. The number of carbonyl (C=O) groups is 3. The summed E-state index contributed by atoms with van der Waals surface area (Å²) >= 11 is 5.62. The fraction of sp³-hybridized carbons (Fsp3) is 0.348. The molecule has 0 spiro atoms. The number of amides is 2. The average Bonchev–Trinajstić information content (AvgIpc) is 3.29. The second-order valence-electron chi connectivity index (χ2n) is 7.79. The standard InChI is InChI=1S/C15H16N2O4.C8H9ClFN/c1-10(19)16-6-4-11-8-12(2-3-13(11)16)17-7-5-15(21,9-18)14(17)20;1-11-5-6-2-7(9)4-8(10)3-6/h2-3,8-9,21H,4-7H2,1H3;2-4,11H,5H2,1H3. The Morgan fingerprint density at radius 1 is 1.28 bits per heavy atom. The van der Waals surface area contributed by atoms with Crippen LogP contribution in [0.25, 0.3) is 0 Å². The van der Waals surface area contributed by atoms with Crippen LogP contribution < -0.4 is 15.1 Å². The van der Waals surface area contributed by atoms with Gasteiger partial charge in [-0.05, 0) is 61.0 Å². The van der Waals surface area contributed by atoms with E-state index in [1.54, 1.807) is 24.1 Å². The van der Waals surface area contributed by atoms with Crippen LogP contribution in [-0.2, 0) is 27.3 Å². The minimum atomic E-state index is -1.90. The van der Waals surface area contributed by atoms with Gasteiger partial charge in [-0.2, -0.15) is 0 Å². The van der Waals surface area contributed by atoms with E-state index in [4.69, 9.17) is 11.6 Å². The van der Waals surface area contributed by atoms with Crippen LogP contribution >= 0.6 is 11.6 Å². The Balaban J connectivity index is 0.000000222. The lowest BCUT2D eigenvalue weighted by atomic mass is 10.1. The van der Waals surface area contributed by atoms with E-state index >= 15 is 0 Å². The van der Waals surface area contributed by atoms with Gasteiger partial charge in [0.15, 0.2) is 6.29 Å². The van der Waals surface area contributed by atoms with E-state index < -0.39 is 11.5 Å². The number of anilines is 2. The molecule has 2 aliphatic rings. The lowest BCUT2D eigenvalue weighted by Crippen LogP contribution is -2.41. The van der Waals surface area contributed by atoms with E-state index in [1.165, 1.54) is 24.0 Å². The molecule has 4 rings (SSSR count). The highest BCUT2D eigenvalue weighted by atomic mass is 35.5. The second-order valence-corrected chi connectivity index (χ2v) is 8.23. The van der Waals surface area contributed by atoms with Gasteiger partial charge in [0.25, 0.3) is 5.91 Å². The monoisotopic (exact) mass is 461 g/mol. The molecule has 0 aliphatic carbocycles. The lowest BCUT2D eigenvalue weighted by molar-refractivity contribution is -0.140. The minimum absolute atomic E-state index is 0.00548. The van der Waals surface area contributed by atoms with Crippen LogP contribution in [0.3, 0.4) is 0 Å². The molecule has 1 atom stereocenters. The van der Waals surface area contributed by atoms with Crippen LogP contribution in [-0.4, -0.2) is 48.9 Å². The van der Waals surface area contributed by atoms with E-state index in [1.807, 2.05) is 12.1 Å².